The highest BCUT2D eigenvalue weighted by atomic mass is 16.5. The third-order valence-corrected chi connectivity index (χ3v) is 2.98. The van der Waals surface area contributed by atoms with Crippen LogP contribution in [0, 0.1) is 0 Å². The fourth-order valence-corrected chi connectivity index (χ4v) is 1.88. The number of benzene rings is 1. The molecular weight excluding hydrogens is 228 g/mol. The topological polar surface area (TPSA) is 55.6 Å². The minimum Gasteiger partial charge on any atom is -0.496 e. The van der Waals surface area contributed by atoms with Gasteiger partial charge in [0, 0.05) is 13.5 Å². The van der Waals surface area contributed by atoms with E-state index >= 15 is 0 Å². The predicted molar refractivity (Wildman–Crippen MR) is 72.3 cm³/mol. The van der Waals surface area contributed by atoms with Crippen molar-refractivity contribution in [1.82, 2.24) is 5.01 Å². The number of ether oxygens (including phenoxy) is 1. The van der Waals surface area contributed by atoms with Gasteiger partial charge < -0.3 is 4.74 Å². The first-order valence-electron chi connectivity index (χ1n) is 6.25. The molecule has 18 heavy (non-hydrogen) atoms. The lowest BCUT2D eigenvalue weighted by Gasteiger charge is -2.11. The summed E-state index contributed by atoms with van der Waals surface area (Å²) in [4.78, 5) is 11.3. The number of hydrazine groups is 1. The Morgan fingerprint density at radius 2 is 2.17 bits per heavy atom. The minimum atomic E-state index is -0.0285. The smallest absolute Gasteiger partial charge is 0.236 e. The predicted octanol–water partition coefficient (Wildman–Crippen LogP) is 1.91. The summed E-state index contributed by atoms with van der Waals surface area (Å²) in [6.07, 6.45) is 3.13. The average molecular weight is 250 g/mol. The summed E-state index contributed by atoms with van der Waals surface area (Å²) in [5, 5.41) is 1.14. The molecule has 0 aliphatic heterocycles. The SMILES string of the molecule is CCc1cc(CCCC(=O)N(C)N)ccc1OC. The number of carbonyl (C=O) groups excluding carboxylic acids is 1. The molecule has 100 valence electrons. The molecule has 0 heterocycles. The van der Waals surface area contributed by atoms with Crippen LogP contribution >= 0.6 is 0 Å². The lowest BCUT2D eigenvalue weighted by Crippen LogP contribution is -2.32. The van der Waals surface area contributed by atoms with Gasteiger partial charge in [0.1, 0.15) is 5.75 Å². The molecule has 0 aliphatic carbocycles. The van der Waals surface area contributed by atoms with E-state index in [-0.39, 0.29) is 5.91 Å². The molecule has 0 unspecified atom stereocenters. The van der Waals surface area contributed by atoms with Crippen molar-refractivity contribution >= 4 is 5.91 Å². The summed E-state index contributed by atoms with van der Waals surface area (Å²) in [5.41, 5.74) is 2.44. The van der Waals surface area contributed by atoms with E-state index in [1.807, 2.05) is 6.07 Å². The van der Waals surface area contributed by atoms with Crippen LogP contribution in [-0.4, -0.2) is 25.1 Å². The van der Waals surface area contributed by atoms with Crippen molar-refractivity contribution in [3.8, 4) is 5.75 Å². The van der Waals surface area contributed by atoms with Gasteiger partial charge in [-0.2, -0.15) is 0 Å². The molecule has 0 saturated heterocycles. The summed E-state index contributed by atoms with van der Waals surface area (Å²) in [7, 11) is 3.26. The molecule has 0 spiro atoms. The Hall–Kier alpha value is -1.55. The zero-order valence-electron chi connectivity index (χ0n) is 11.4. The van der Waals surface area contributed by atoms with Crippen molar-refractivity contribution in [1.29, 1.82) is 0 Å². The van der Waals surface area contributed by atoms with Gasteiger partial charge in [0.25, 0.3) is 0 Å². The van der Waals surface area contributed by atoms with Gasteiger partial charge >= 0.3 is 0 Å². The standard InChI is InChI=1S/C14H22N2O2/c1-4-12-10-11(8-9-13(12)18-3)6-5-7-14(17)16(2)15/h8-10H,4-7,15H2,1-3H3. The van der Waals surface area contributed by atoms with Crippen LogP contribution in [0.1, 0.15) is 30.9 Å². The van der Waals surface area contributed by atoms with E-state index in [4.69, 9.17) is 10.6 Å². The number of carbonyl (C=O) groups is 1. The minimum absolute atomic E-state index is 0.0285. The van der Waals surface area contributed by atoms with Gasteiger partial charge in [-0.1, -0.05) is 19.1 Å². The lowest BCUT2D eigenvalue weighted by atomic mass is 10.0. The first-order chi connectivity index (χ1) is 8.58. The van der Waals surface area contributed by atoms with Gasteiger partial charge in [-0.05, 0) is 36.5 Å². The van der Waals surface area contributed by atoms with Crippen molar-refractivity contribution < 1.29 is 9.53 Å². The van der Waals surface area contributed by atoms with Crippen LogP contribution in [0.15, 0.2) is 18.2 Å². The third-order valence-electron chi connectivity index (χ3n) is 2.98. The zero-order chi connectivity index (χ0) is 13.5. The van der Waals surface area contributed by atoms with E-state index in [2.05, 4.69) is 19.1 Å². The van der Waals surface area contributed by atoms with Crippen molar-refractivity contribution in [3.63, 3.8) is 0 Å². The number of nitrogens with zero attached hydrogens (tertiary/aromatic N) is 1. The van der Waals surface area contributed by atoms with Crippen LogP contribution in [0.3, 0.4) is 0 Å². The molecule has 0 aliphatic rings. The normalized spacial score (nSPS) is 10.2. The fourth-order valence-electron chi connectivity index (χ4n) is 1.88. The summed E-state index contributed by atoms with van der Waals surface area (Å²) in [5.74, 6) is 6.27. The molecular formula is C14H22N2O2. The number of methoxy groups -OCH3 is 1. The molecule has 1 aromatic carbocycles. The molecule has 0 atom stereocenters. The number of nitrogens with two attached hydrogens (primary N) is 1. The summed E-state index contributed by atoms with van der Waals surface area (Å²) >= 11 is 0. The van der Waals surface area contributed by atoms with E-state index < -0.39 is 0 Å². The summed E-state index contributed by atoms with van der Waals surface area (Å²) in [6.45, 7) is 2.11. The second-order valence-corrected chi connectivity index (χ2v) is 4.36. The van der Waals surface area contributed by atoms with Crippen molar-refractivity contribution in [3.05, 3.63) is 29.3 Å². The van der Waals surface area contributed by atoms with Gasteiger partial charge in [0.15, 0.2) is 0 Å². The van der Waals surface area contributed by atoms with Gasteiger partial charge in [-0.3, -0.25) is 9.80 Å². The Bertz CT molecular complexity index is 403. The molecule has 0 aromatic heterocycles. The van der Waals surface area contributed by atoms with Crippen molar-refractivity contribution in [2.24, 2.45) is 5.84 Å². The Kier molecular flexibility index (Phi) is 5.65. The first-order valence-corrected chi connectivity index (χ1v) is 6.25. The van der Waals surface area contributed by atoms with Crippen LogP contribution in [0.5, 0.6) is 5.75 Å². The Morgan fingerprint density at radius 3 is 2.72 bits per heavy atom. The van der Waals surface area contributed by atoms with Crippen LogP contribution in [-0.2, 0) is 17.6 Å². The second-order valence-electron chi connectivity index (χ2n) is 4.36. The quantitative estimate of drug-likeness (QED) is 0.477. The van der Waals surface area contributed by atoms with E-state index in [0.717, 1.165) is 30.0 Å². The lowest BCUT2D eigenvalue weighted by molar-refractivity contribution is -0.130. The Morgan fingerprint density at radius 1 is 1.44 bits per heavy atom. The monoisotopic (exact) mass is 250 g/mol. The van der Waals surface area contributed by atoms with E-state index in [1.165, 1.54) is 11.1 Å². The Labute approximate surface area is 109 Å². The molecule has 1 amide bonds. The molecule has 0 saturated carbocycles. The van der Waals surface area contributed by atoms with Crippen LogP contribution in [0.2, 0.25) is 0 Å². The zero-order valence-corrected chi connectivity index (χ0v) is 11.4. The maximum Gasteiger partial charge on any atom is 0.236 e. The first kappa shape index (κ1) is 14.5. The largest absolute Gasteiger partial charge is 0.496 e. The van der Waals surface area contributed by atoms with Crippen molar-refractivity contribution in [2.45, 2.75) is 32.6 Å². The number of hydrogen-bond acceptors (Lipinski definition) is 3. The summed E-state index contributed by atoms with van der Waals surface area (Å²) in [6, 6.07) is 6.19. The fraction of sp³-hybridized carbons (Fsp3) is 0.500. The highest BCUT2D eigenvalue weighted by Crippen LogP contribution is 2.21. The maximum absolute atomic E-state index is 11.3. The number of aryl methyl sites for hydroxylation is 2. The molecule has 4 nitrogen and oxygen atoms in total. The number of amides is 1. The third kappa shape index (κ3) is 4.04. The molecule has 0 bridgehead atoms. The highest BCUT2D eigenvalue weighted by Gasteiger charge is 2.06. The molecule has 2 N–H and O–H groups in total. The average Bonchev–Trinajstić information content (AvgIpc) is 2.38. The number of rotatable bonds is 6. The van der Waals surface area contributed by atoms with Gasteiger partial charge in [-0.25, -0.2) is 5.84 Å². The molecule has 0 radical (unpaired) electrons. The maximum atomic E-state index is 11.3. The van der Waals surface area contributed by atoms with Gasteiger partial charge in [-0.15, -0.1) is 0 Å². The molecule has 0 fully saturated rings. The Balaban J connectivity index is 2.55. The summed E-state index contributed by atoms with van der Waals surface area (Å²) < 4.78 is 5.29. The highest BCUT2D eigenvalue weighted by molar-refractivity contribution is 5.75. The van der Waals surface area contributed by atoms with Gasteiger partial charge in [0.05, 0.1) is 7.11 Å². The van der Waals surface area contributed by atoms with Crippen LogP contribution in [0.25, 0.3) is 0 Å². The van der Waals surface area contributed by atoms with Crippen molar-refractivity contribution in [2.75, 3.05) is 14.2 Å². The molecule has 4 heteroatoms. The molecule has 1 rings (SSSR count). The van der Waals surface area contributed by atoms with E-state index in [1.54, 1.807) is 14.2 Å². The van der Waals surface area contributed by atoms with E-state index in [0.29, 0.717) is 6.42 Å². The van der Waals surface area contributed by atoms with Crippen LogP contribution in [0.4, 0.5) is 0 Å². The molecule has 1 aromatic rings. The number of hydrogen-bond donors (Lipinski definition) is 1. The second kappa shape index (κ2) is 7.01. The van der Waals surface area contributed by atoms with Gasteiger partial charge in [0.2, 0.25) is 5.91 Å². The van der Waals surface area contributed by atoms with Crippen LogP contribution < -0.4 is 10.6 Å². The van der Waals surface area contributed by atoms with E-state index in [9.17, 15) is 4.79 Å².